The van der Waals surface area contributed by atoms with Crippen LogP contribution in [0.2, 0.25) is 5.02 Å². The summed E-state index contributed by atoms with van der Waals surface area (Å²) in [5, 5.41) is 0.505. The first-order chi connectivity index (χ1) is 7.66. The summed E-state index contributed by atoms with van der Waals surface area (Å²) in [5.41, 5.74) is 7.41. The van der Waals surface area contributed by atoms with Crippen LogP contribution in [0.3, 0.4) is 0 Å². The number of aryl methyl sites for hydroxylation is 1. The maximum atomic E-state index is 5.91. The van der Waals surface area contributed by atoms with Crippen molar-refractivity contribution in [3.63, 3.8) is 0 Å². The summed E-state index contributed by atoms with van der Waals surface area (Å²) in [6, 6.07) is 13.1. The third-order valence-corrected chi connectivity index (χ3v) is 2.56. The number of hydrogen-bond acceptors (Lipinski definition) is 2. The lowest BCUT2D eigenvalue weighted by molar-refractivity contribution is 0.484. The average molecular weight is 234 g/mol. The second kappa shape index (κ2) is 4.45. The Balaban J connectivity index is 2.31. The van der Waals surface area contributed by atoms with Crippen molar-refractivity contribution in [3.8, 4) is 11.5 Å². The topological polar surface area (TPSA) is 35.2 Å². The van der Waals surface area contributed by atoms with E-state index in [0.29, 0.717) is 16.5 Å². The van der Waals surface area contributed by atoms with Gasteiger partial charge in [-0.2, -0.15) is 0 Å². The van der Waals surface area contributed by atoms with Gasteiger partial charge in [0.05, 0.1) is 10.7 Å². The van der Waals surface area contributed by atoms with Gasteiger partial charge in [-0.15, -0.1) is 0 Å². The van der Waals surface area contributed by atoms with Gasteiger partial charge >= 0.3 is 0 Å². The van der Waals surface area contributed by atoms with E-state index in [1.807, 2.05) is 37.3 Å². The van der Waals surface area contributed by atoms with Crippen LogP contribution >= 0.6 is 11.6 Å². The number of halogens is 1. The predicted octanol–water partition coefficient (Wildman–Crippen LogP) is 4.02. The van der Waals surface area contributed by atoms with Crippen molar-refractivity contribution in [2.24, 2.45) is 0 Å². The molecule has 0 aromatic heterocycles. The summed E-state index contributed by atoms with van der Waals surface area (Å²) in [7, 11) is 0. The number of benzene rings is 2. The third-order valence-electron chi connectivity index (χ3n) is 2.23. The molecule has 16 heavy (non-hydrogen) atoms. The molecule has 0 saturated heterocycles. The van der Waals surface area contributed by atoms with Gasteiger partial charge in [-0.1, -0.05) is 29.8 Å². The standard InChI is InChI=1S/C13H12ClNO/c1-9-4-2-5-10(8-9)16-12-7-3-6-11(14)13(12)15/h2-8H,15H2,1H3. The molecule has 0 spiro atoms. The van der Waals surface area contributed by atoms with Crippen molar-refractivity contribution in [2.75, 3.05) is 5.73 Å². The Morgan fingerprint density at radius 2 is 1.88 bits per heavy atom. The van der Waals surface area contributed by atoms with Crippen molar-refractivity contribution in [3.05, 3.63) is 53.1 Å². The summed E-state index contributed by atoms with van der Waals surface area (Å²) >= 11 is 5.91. The lowest BCUT2D eigenvalue weighted by Crippen LogP contribution is -1.92. The zero-order valence-electron chi connectivity index (χ0n) is 8.91. The van der Waals surface area contributed by atoms with E-state index in [-0.39, 0.29) is 0 Å². The second-order valence-corrected chi connectivity index (χ2v) is 3.98. The van der Waals surface area contributed by atoms with Crippen LogP contribution in [0.5, 0.6) is 11.5 Å². The molecule has 0 aliphatic heterocycles. The maximum absolute atomic E-state index is 5.91. The fourth-order valence-corrected chi connectivity index (χ4v) is 1.58. The van der Waals surface area contributed by atoms with E-state index >= 15 is 0 Å². The lowest BCUT2D eigenvalue weighted by atomic mass is 10.2. The number of anilines is 1. The molecule has 2 aromatic rings. The van der Waals surface area contributed by atoms with Gasteiger partial charge in [0.25, 0.3) is 0 Å². The van der Waals surface area contributed by atoms with Gasteiger partial charge in [0.15, 0.2) is 5.75 Å². The Morgan fingerprint density at radius 1 is 1.12 bits per heavy atom. The van der Waals surface area contributed by atoms with Crippen molar-refractivity contribution in [1.29, 1.82) is 0 Å². The van der Waals surface area contributed by atoms with E-state index in [4.69, 9.17) is 22.1 Å². The van der Waals surface area contributed by atoms with Crippen LogP contribution in [0.4, 0.5) is 5.69 Å². The number of hydrogen-bond donors (Lipinski definition) is 1. The van der Waals surface area contributed by atoms with Crippen molar-refractivity contribution in [2.45, 2.75) is 6.92 Å². The Hall–Kier alpha value is -1.67. The SMILES string of the molecule is Cc1cccc(Oc2cccc(Cl)c2N)c1. The summed E-state index contributed by atoms with van der Waals surface area (Å²) in [4.78, 5) is 0. The lowest BCUT2D eigenvalue weighted by Gasteiger charge is -2.09. The summed E-state index contributed by atoms with van der Waals surface area (Å²) in [5.74, 6) is 1.34. The summed E-state index contributed by atoms with van der Waals surface area (Å²) in [6.07, 6.45) is 0. The number of ether oxygens (including phenoxy) is 1. The van der Waals surface area contributed by atoms with Gasteiger partial charge in [0.1, 0.15) is 5.75 Å². The van der Waals surface area contributed by atoms with Crippen LogP contribution in [0.1, 0.15) is 5.56 Å². The molecule has 0 radical (unpaired) electrons. The number of nitrogen functional groups attached to an aromatic ring is 1. The van der Waals surface area contributed by atoms with Crippen LogP contribution in [-0.2, 0) is 0 Å². The molecule has 3 heteroatoms. The van der Waals surface area contributed by atoms with Gasteiger partial charge in [0, 0.05) is 0 Å². The monoisotopic (exact) mass is 233 g/mol. The Morgan fingerprint density at radius 3 is 2.62 bits per heavy atom. The first-order valence-corrected chi connectivity index (χ1v) is 5.33. The third kappa shape index (κ3) is 2.28. The minimum atomic E-state index is 0.464. The van der Waals surface area contributed by atoms with Crippen LogP contribution in [0.15, 0.2) is 42.5 Å². The normalized spacial score (nSPS) is 10.1. The minimum Gasteiger partial charge on any atom is -0.455 e. The van der Waals surface area contributed by atoms with Crippen LogP contribution in [0.25, 0.3) is 0 Å². The Kier molecular flexibility index (Phi) is 3.02. The first kappa shape index (κ1) is 10.8. The molecule has 0 atom stereocenters. The summed E-state index contributed by atoms with van der Waals surface area (Å²) in [6.45, 7) is 2.01. The molecule has 2 N–H and O–H groups in total. The fourth-order valence-electron chi connectivity index (χ4n) is 1.41. The van der Waals surface area contributed by atoms with Gasteiger partial charge < -0.3 is 10.5 Å². The summed E-state index contributed by atoms with van der Waals surface area (Å²) < 4.78 is 5.66. The molecule has 2 nitrogen and oxygen atoms in total. The molecular formula is C13H12ClNO. The molecule has 82 valence electrons. The van der Waals surface area contributed by atoms with Crippen molar-refractivity contribution in [1.82, 2.24) is 0 Å². The zero-order valence-corrected chi connectivity index (χ0v) is 9.66. The van der Waals surface area contributed by atoms with Gasteiger partial charge in [-0.05, 0) is 36.8 Å². The molecule has 0 aliphatic rings. The van der Waals surface area contributed by atoms with E-state index in [2.05, 4.69) is 0 Å². The Labute approximate surface area is 99.6 Å². The largest absolute Gasteiger partial charge is 0.455 e. The molecule has 0 saturated carbocycles. The smallest absolute Gasteiger partial charge is 0.151 e. The highest BCUT2D eigenvalue weighted by Gasteiger charge is 2.05. The first-order valence-electron chi connectivity index (χ1n) is 4.95. The average Bonchev–Trinajstić information content (AvgIpc) is 2.25. The maximum Gasteiger partial charge on any atom is 0.151 e. The highest BCUT2D eigenvalue weighted by Crippen LogP contribution is 2.32. The molecule has 0 amide bonds. The molecule has 2 rings (SSSR count). The highest BCUT2D eigenvalue weighted by molar-refractivity contribution is 6.33. The zero-order chi connectivity index (χ0) is 11.5. The van der Waals surface area contributed by atoms with Gasteiger partial charge in [-0.3, -0.25) is 0 Å². The molecule has 2 aromatic carbocycles. The molecule has 0 bridgehead atoms. The predicted molar refractivity (Wildman–Crippen MR) is 67.1 cm³/mol. The van der Waals surface area contributed by atoms with Crippen molar-refractivity contribution >= 4 is 17.3 Å². The Bertz CT molecular complexity index is 511. The van der Waals surface area contributed by atoms with Crippen LogP contribution in [-0.4, -0.2) is 0 Å². The fraction of sp³-hybridized carbons (Fsp3) is 0.0769. The molecule has 0 fully saturated rings. The van der Waals surface area contributed by atoms with Gasteiger partial charge in [-0.25, -0.2) is 0 Å². The van der Waals surface area contributed by atoms with E-state index in [9.17, 15) is 0 Å². The van der Waals surface area contributed by atoms with E-state index in [0.717, 1.165) is 11.3 Å². The minimum absolute atomic E-state index is 0.464. The van der Waals surface area contributed by atoms with Crippen LogP contribution < -0.4 is 10.5 Å². The molecule has 0 aliphatic carbocycles. The van der Waals surface area contributed by atoms with Crippen molar-refractivity contribution < 1.29 is 4.74 Å². The molecule has 0 heterocycles. The van der Waals surface area contributed by atoms with E-state index in [1.54, 1.807) is 12.1 Å². The number of rotatable bonds is 2. The quantitative estimate of drug-likeness (QED) is 0.795. The number of para-hydroxylation sites is 1. The molecule has 0 unspecified atom stereocenters. The van der Waals surface area contributed by atoms with Crippen LogP contribution in [0, 0.1) is 6.92 Å². The van der Waals surface area contributed by atoms with E-state index in [1.165, 1.54) is 0 Å². The molecular weight excluding hydrogens is 222 g/mol. The number of nitrogens with two attached hydrogens (primary N) is 1. The highest BCUT2D eigenvalue weighted by atomic mass is 35.5. The second-order valence-electron chi connectivity index (χ2n) is 3.57. The van der Waals surface area contributed by atoms with Gasteiger partial charge in [0.2, 0.25) is 0 Å². The van der Waals surface area contributed by atoms with E-state index < -0.39 is 0 Å².